The second-order valence-corrected chi connectivity index (χ2v) is 6.31. The van der Waals surface area contributed by atoms with Gasteiger partial charge in [-0.3, -0.25) is 9.78 Å². The molecule has 2 aromatic rings. The minimum absolute atomic E-state index is 0.101. The van der Waals surface area contributed by atoms with Crippen molar-refractivity contribution in [1.82, 2.24) is 15.3 Å². The van der Waals surface area contributed by atoms with Gasteiger partial charge in [0, 0.05) is 23.4 Å². The number of carbonyl (C=O) groups is 1. The lowest BCUT2D eigenvalue weighted by Gasteiger charge is -2.23. The molecule has 2 heterocycles. The summed E-state index contributed by atoms with van der Waals surface area (Å²) in [6.07, 6.45) is 3.09. The van der Waals surface area contributed by atoms with E-state index in [-0.39, 0.29) is 11.3 Å². The second kappa shape index (κ2) is 6.67. The quantitative estimate of drug-likeness (QED) is 0.861. The highest BCUT2D eigenvalue weighted by molar-refractivity contribution is 7.10. The summed E-state index contributed by atoms with van der Waals surface area (Å²) < 4.78 is 0. The number of nitrogens with zero attached hydrogens (tertiary/aromatic N) is 2. The molecule has 0 fully saturated rings. The van der Waals surface area contributed by atoms with E-state index in [9.17, 15) is 4.79 Å². The van der Waals surface area contributed by atoms with Crippen LogP contribution in [0, 0.1) is 0 Å². The zero-order valence-electron chi connectivity index (χ0n) is 12.5. The Kier molecular flexibility index (Phi) is 4.90. The van der Waals surface area contributed by atoms with E-state index < -0.39 is 0 Å². The minimum Gasteiger partial charge on any atom is -0.369 e. The van der Waals surface area contributed by atoms with Gasteiger partial charge in [-0.2, -0.15) is 0 Å². The van der Waals surface area contributed by atoms with Crippen LogP contribution in [0.4, 0.5) is 5.82 Å². The predicted octanol–water partition coefficient (Wildman–Crippen LogP) is 2.68. The van der Waals surface area contributed by atoms with Crippen molar-refractivity contribution in [3.63, 3.8) is 0 Å². The molecule has 0 aliphatic carbocycles. The largest absolute Gasteiger partial charge is 0.369 e. The van der Waals surface area contributed by atoms with Crippen molar-refractivity contribution in [3.05, 3.63) is 40.5 Å². The number of amides is 1. The van der Waals surface area contributed by atoms with Gasteiger partial charge in [-0.15, -0.1) is 11.3 Å². The van der Waals surface area contributed by atoms with E-state index in [1.807, 2.05) is 18.4 Å². The summed E-state index contributed by atoms with van der Waals surface area (Å²) in [5.41, 5.74) is 0.228. The molecule has 5 nitrogen and oxygen atoms in total. The van der Waals surface area contributed by atoms with Crippen LogP contribution in [-0.2, 0) is 5.41 Å². The van der Waals surface area contributed by atoms with Gasteiger partial charge in [-0.05, 0) is 18.4 Å². The van der Waals surface area contributed by atoms with E-state index in [0.717, 1.165) is 6.54 Å². The summed E-state index contributed by atoms with van der Waals surface area (Å²) >= 11 is 1.70. The van der Waals surface area contributed by atoms with Crippen molar-refractivity contribution >= 4 is 23.1 Å². The molecule has 0 aliphatic heterocycles. The Bertz CT molecular complexity index is 595. The number of anilines is 1. The van der Waals surface area contributed by atoms with Crippen LogP contribution in [0.5, 0.6) is 0 Å². The predicted molar refractivity (Wildman–Crippen MR) is 85.9 cm³/mol. The van der Waals surface area contributed by atoms with Crippen LogP contribution in [0.25, 0.3) is 0 Å². The summed E-state index contributed by atoms with van der Waals surface area (Å²) in [7, 11) is 0. The highest BCUT2D eigenvalue weighted by Gasteiger charge is 2.23. The number of nitrogens with one attached hydrogen (secondary N) is 2. The molecule has 0 bridgehead atoms. The van der Waals surface area contributed by atoms with Gasteiger partial charge in [-0.25, -0.2) is 4.98 Å². The molecule has 2 aromatic heterocycles. The number of rotatable bonds is 6. The van der Waals surface area contributed by atoms with Gasteiger partial charge in [-0.1, -0.05) is 19.9 Å². The lowest BCUT2D eigenvalue weighted by molar-refractivity contribution is 0.0940. The van der Waals surface area contributed by atoms with Crippen molar-refractivity contribution in [1.29, 1.82) is 0 Å². The van der Waals surface area contributed by atoms with Crippen LogP contribution >= 0.6 is 11.3 Å². The number of carbonyl (C=O) groups excluding carboxylic acids is 1. The molecule has 6 heteroatoms. The van der Waals surface area contributed by atoms with Gasteiger partial charge >= 0.3 is 0 Å². The normalized spacial score (nSPS) is 11.2. The molecule has 0 aliphatic rings. The van der Waals surface area contributed by atoms with Crippen molar-refractivity contribution in [2.75, 3.05) is 18.4 Å². The maximum atomic E-state index is 12.2. The molecule has 0 radical (unpaired) electrons. The van der Waals surface area contributed by atoms with Crippen molar-refractivity contribution in [2.24, 2.45) is 0 Å². The molecule has 0 saturated carbocycles. The molecular weight excluding hydrogens is 284 g/mol. The fraction of sp³-hybridized carbons (Fsp3) is 0.400. The molecule has 21 heavy (non-hydrogen) atoms. The number of hydrogen-bond acceptors (Lipinski definition) is 5. The summed E-state index contributed by atoms with van der Waals surface area (Å²) in [5.74, 6) is 0.412. The molecule has 0 unspecified atom stereocenters. The van der Waals surface area contributed by atoms with E-state index in [1.165, 1.54) is 11.1 Å². The molecule has 0 aromatic carbocycles. The number of aromatic nitrogens is 2. The Balaban J connectivity index is 2.00. The van der Waals surface area contributed by atoms with Gasteiger partial charge in [0.25, 0.3) is 5.91 Å². The highest BCUT2D eigenvalue weighted by atomic mass is 32.1. The zero-order chi connectivity index (χ0) is 15.3. The first-order valence-corrected chi connectivity index (χ1v) is 7.79. The minimum atomic E-state index is -0.202. The standard InChI is InChI=1S/C15H20N4OS/c1-4-17-13-9-16-8-11(19-13)14(20)18-10-15(2,3)12-6-5-7-21-12/h5-9H,4,10H2,1-3H3,(H,17,19)(H,18,20). The van der Waals surface area contributed by atoms with Crippen molar-refractivity contribution in [3.8, 4) is 0 Å². The molecule has 2 N–H and O–H groups in total. The first kappa shape index (κ1) is 15.4. The van der Waals surface area contributed by atoms with E-state index >= 15 is 0 Å². The monoisotopic (exact) mass is 304 g/mol. The van der Waals surface area contributed by atoms with Crippen LogP contribution in [0.2, 0.25) is 0 Å². The maximum Gasteiger partial charge on any atom is 0.271 e. The van der Waals surface area contributed by atoms with Gasteiger partial charge < -0.3 is 10.6 Å². The van der Waals surface area contributed by atoms with Crippen molar-refractivity contribution < 1.29 is 4.79 Å². The second-order valence-electron chi connectivity index (χ2n) is 5.36. The molecule has 1 amide bonds. The first-order chi connectivity index (χ1) is 10.0. The van der Waals surface area contributed by atoms with E-state index in [4.69, 9.17) is 0 Å². The molecule has 0 spiro atoms. The van der Waals surface area contributed by atoms with Gasteiger partial charge in [0.1, 0.15) is 11.5 Å². The van der Waals surface area contributed by atoms with Crippen LogP contribution in [0.3, 0.4) is 0 Å². The van der Waals surface area contributed by atoms with E-state index in [2.05, 4.69) is 40.5 Å². The van der Waals surface area contributed by atoms with E-state index in [0.29, 0.717) is 18.1 Å². The van der Waals surface area contributed by atoms with Crippen LogP contribution in [-0.4, -0.2) is 29.0 Å². The SMILES string of the molecule is CCNc1cncc(C(=O)NCC(C)(C)c2cccs2)n1. The third kappa shape index (κ3) is 4.01. The zero-order valence-corrected chi connectivity index (χ0v) is 13.3. The topological polar surface area (TPSA) is 66.9 Å². The molecule has 0 atom stereocenters. The third-order valence-electron chi connectivity index (χ3n) is 3.10. The molecule has 2 rings (SSSR count). The average molecular weight is 304 g/mol. The van der Waals surface area contributed by atoms with Gasteiger partial charge in [0.2, 0.25) is 0 Å². The molecule has 0 saturated heterocycles. The van der Waals surface area contributed by atoms with Crippen LogP contribution in [0.1, 0.15) is 36.1 Å². The number of hydrogen-bond donors (Lipinski definition) is 2. The van der Waals surface area contributed by atoms with Crippen LogP contribution in [0.15, 0.2) is 29.9 Å². The Hall–Kier alpha value is -1.95. The molecule has 112 valence electrons. The Morgan fingerprint density at radius 3 is 2.86 bits per heavy atom. The lowest BCUT2D eigenvalue weighted by Crippen LogP contribution is -2.36. The molecular formula is C15H20N4OS. The Labute approximate surface area is 128 Å². The maximum absolute atomic E-state index is 12.2. The fourth-order valence-electron chi connectivity index (χ4n) is 1.88. The third-order valence-corrected chi connectivity index (χ3v) is 4.34. The summed E-state index contributed by atoms with van der Waals surface area (Å²) in [6, 6.07) is 4.11. The van der Waals surface area contributed by atoms with Gasteiger partial charge in [0.05, 0.1) is 12.4 Å². The van der Waals surface area contributed by atoms with E-state index in [1.54, 1.807) is 17.5 Å². The number of thiophene rings is 1. The van der Waals surface area contributed by atoms with Gasteiger partial charge in [0.15, 0.2) is 0 Å². The highest BCUT2D eigenvalue weighted by Crippen LogP contribution is 2.26. The fourth-order valence-corrected chi connectivity index (χ4v) is 2.74. The smallest absolute Gasteiger partial charge is 0.271 e. The van der Waals surface area contributed by atoms with Crippen molar-refractivity contribution in [2.45, 2.75) is 26.2 Å². The Morgan fingerprint density at radius 2 is 2.19 bits per heavy atom. The summed E-state index contributed by atoms with van der Waals surface area (Å²) in [6.45, 7) is 7.49. The van der Waals surface area contributed by atoms with Crippen LogP contribution < -0.4 is 10.6 Å². The summed E-state index contributed by atoms with van der Waals surface area (Å²) in [5, 5.41) is 8.03. The average Bonchev–Trinajstić information content (AvgIpc) is 3.00. The first-order valence-electron chi connectivity index (χ1n) is 6.91. The lowest BCUT2D eigenvalue weighted by atomic mass is 9.91. The summed E-state index contributed by atoms with van der Waals surface area (Å²) in [4.78, 5) is 21.7. The Morgan fingerprint density at radius 1 is 1.38 bits per heavy atom.